The predicted molar refractivity (Wildman–Crippen MR) is 92.3 cm³/mol. The minimum absolute atomic E-state index is 0.186. The van der Waals surface area contributed by atoms with Gasteiger partial charge in [0.1, 0.15) is 0 Å². The lowest BCUT2D eigenvalue weighted by atomic mass is 10.1. The highest BCUT2D eigenvalue weighted by Crippen LogP contribution is 2.24. The number of carbonyl (C=O) groups excluding carboxylic acids is 2. The molecule has 3 N–H and O–H groups in total. The molecule has 5 nitrogen and oxygen atoms in total. The maximum atomic E-state index is 12.0. The van der Waals surface area contributed by atoms with Crippen LogP contribution in [0.2, 0.25) is 15.1 Å². The maximum Gasteiger partial charge on any atom is 0.337 e. The number of benzene rings is 2. The van der Waals surface area contributed by atoms with Crippen molar-refractivity contribution in [2.75, 3.05) is 5.32 Å². The lowest BCUT2D eigenvalue weighted by Crippen LogP contribution is -2.44. The number of urea groups is 1. The average Bonchev–Trinajstić information content (AvgIpc) is 2.51. The fourth-order valence-electron chi connectivity index (χ4n) is 1.73. The third-order valence-electron chi connectivity index (χ3n) is 2.90. The molecule has 23 heavy (non-hydrogen) atoms. The topological polar surface area (TPSA) is 70.2 Å². The average molecular weight is 373 g/mol. The van der Waals surface area contributed by atoms with Gasteiger partial charge in [0.05, 0.1) is 21.3 Å². The molecule has 2 aromatic carbocycles. The Bertz CT molecular complexity index is 766. The smallest absolute Gasteiger partial charge is 0.305 e. The van der Waals surface area contributed by atoms with Crippen LogP contribution in [-0.4, -0.2) is 11.9 Å². The summed E-state index contributed by atoms with van der Waals surface area (Å²) in [5, 5.41) is 3.52. The normalized spacial score (nSPS) is 10.1. The van der Waals surface area contributed by atoms with Crippen LogP contribution >= 0.6 is 34.8 Å². The van der Waals surface area contributed by atoms with E-state index in [1.807, 2.05) is 0 Å². The number of rotatable bonds is 2. The van der Waals surface area contributed by atoms with Crippen LogP contribution < -0.4 is 16.2 Å². The zero-order valence-electron chi connectivity index (χ0n) is 11.9. The van der Waals surface area contributed by atoms with Gasteiger partial charge in [-0.1, -0.05) is 46.9 Å². The van der Waals surface area contributed by atoms with Gasteiger partial charge in [0, 0.05) is 5.02 Å². The second-order valence-corrected chi connectivity index (χ2v) is 5.82. The molecule has 2 rings (SSSR count). The van der Waals surface area contributed by atoms with Crippen LogP contribution in [0.15, 0.2) is 36.4 Å². The fraction of sp³-hybridized carbons (Fsp3) is 0.0667. The van der Waals surface area contributed by atoms with Gasteiger partial charge in [0.2, 0.25) is 0 Å². The number of para-hydroxylation sites is 1. The molecule has 0 aliphatic rings. The number of hydrazine groups is 1. The summed E-state index contributed by atoms with van der Waals surface area (Å²) in [6.07, 6.45) is 0. The molecule has 120 valence electrons. The molecule has 0 bridgehead atoms. The van der Waals surface area contributed by atoms with E-state index in [-0.39, 0.29) is 10.6 Å². The Morgan fingerprint density at radius 1 is 0.913 bits per heavy atom. The maximum absolute atomic E-state index is 12.0. The molecule has 0 aromatic heterocycles. The molecule has 3 amide bonds. The summed E-state index contributed by atoms with van der Waals surface area (Å²) < 4.78 is 0. The van der Waals surface area contributed by atoms with Gasteiger partial charge in [-0.05, 0) is 36.8 Å². The molecule has 0 heterocycles. The van der Waals surface area contributed by atoms with Gasteiger partial charge >= 0.3 is 6.03 Å². The number of hydrogen-bond acceptors (Lipinski definition) is 2. The van der Waals surface area contributed by atoms with Gasteiger partial charge in [-0.2, -0.15) is 0 Å². The van der Waals surface area contributed by atoms with Gasteiger partial charge in [-0.15, -0.1) is 0 Å². The number of halogens is 3. The van der Waals surface area contributed by atoms with Crippen molar-refractivity contribution in [3.8, 4) is 0 Å². The number of amides is 3. The Morgan fingerprint density at radius 2 is 1.61 bits per heavy atom. The van der Waals surface area contributed by atoms with Gasteiger partial charge in [-0.3, -0.25) is 10.2 Å². The van der Waals surface area contributed by atoms with E-state index < -0.39 is 11.9 Å². The lowest BCUT2D eigenvalue weighted by molar-refractivity contribution is 0.0938. The Balaban J connectivity index is 1.98. The molecular weight excluding hydrogens is 361 g/mol. The standard InChI is InChI=1S/C15H12Cl3N3O2/c1-8-6-9(12(18)7-11(8)17)14(22)20-21-15(23)19-13-5-3-2-4-10(13)16/h2-7H,1H3,(H,20,22)(H2,19,21,23). The van der Waals surface area contributed by atoms with Crippen molar-refractivity contribution in [2.45, 2.75) is 6.92 Å². The molecule has 0 unspecified atom stereocenters. The van der Waals surface area contributed by atoms with Crippen molar-refractivity contribution in [2.24, 2.45) is 0 Å². The van der Waals surface area contributed by atoms with Gasteiger partial charge in [0.15, 0.2) is 0 Å². The zero-order chi connectivity index (χ0) is 17.0. The van der Waals surface area contributed by atoms with Crippen LogP contribution in [0.5, 0.6) is 0 Å². The van der Waals surface area contributed by atoms with Gasteiger partial charge < -0.3 is 5.32 Å². The van der Waals surface area contributed by atoms with Crippen molar-refractivity contribution < 1.29 is 9.59 Å². The minimum atomic E-state index is -0.645. The van der Waals surface area contributed by atoms with E-state index >= 15 is 0 Å². The van der Waals surface area contributed by atoms with Crippen LogP contribution in [0.3, 0.4) is 0 Å². The molecule has 2 aromatic rings. The summed E-state index contributed by atoms with van der Waals surface area (Å²) in [6, 6.07) is 9.07. The molecule has 0 atom stereocenters. The van der Waals surface area contributed by atoms with E-state index in [9.17, 15) is 9.59 Å². The van der Waals surface area contributed by atoms with Crippen LogP contribution in [0.1, 0.15) is 15.9 Å². The minimum Gasteiger partial charge on any atom is -0.305 e. The van der Waals surface area contributed by atoms with E-state index in [1.54, 1.807) is 31.2 Å². The second-order valence-electron chi connectivity index (χ2n) is 4.59. The summed E-state index contributed by atoms with van der Waals surface area (Å²) in [4.78, 5) is 23.8. The first kappa shape index (κ1) is 17.4. The molecule has 8 heteroatoms. The summed E-state index contributed by atoms with van der Waals surface area (Å²) in [5.74, 6) is -0.566. The molecule has 0 saturated heterocycles. The van der Waals surface area contributed by atoms with Gasteiger partial charge in [-0.25, -0.2) is 10.2 Å². The first-order chi connectivity index (χ1) is 10.9. The van der Waals surface area contributed by atoms with E-state index in [2.05, 4.69) is 16.2 Å². The van der Waals surface area contributed by atoms with E-state index in [4.69, 9.17) is 34.8 Å². The van der Waals surface area contributed by atoms with Gasteiger partial charge in [0.25, 0.3) is 5.91 Å². The van der Waals surface area contributed by atoms with Crippen molar-refractivity contribution in [1.82, 2.24) is 10.9 Å². The van der Waals surface area contributed by atoms with Crippen LogP contribution in [0.4, 0.5) is 10.5 Å². The number of carbonyl (C=O) groups is 2. The highest BCUT2D eigenvalue weighted by Gasteiger charge is 2.13. The third kappa shape index (κ3) is 4.51. The van der Waals surface area contributed by atoms with Crippen LogP contribution in [-0.2, 0) is 0 Å². The molecular formula is C15H12Cl3N3O2. The molecule has 0 spiro atoms. The highest BCUT2D eigenvalue weighted by atomic mass is 35.5. The van der Waals surface area contributed by atoms with Crippen molar-refractivity contribution in [1.29, 1.82) is 0 Å². The second kappa shape index (κ2) is 7.55. The molecule has 0 aliphatic heterocycles. The van der Waals surface area contributed by atoms with Crippen molar-refractivity contribution in [3.05, 3.63) is 62.6 Å². The predicted octanol–water partition coefficient (Wildman–Crippen LogP) is 4.42. The molecule has 0 saturated carbocycles. The quantitative estimate of drug-likeness (QED) is 0.683. The Hall–Kier alpha value is -1.95. The largest absolute Gasteiger partial charge is 0.337 e. The number of anilines is 1. The van der Waals surface area contributed by atoms with Crippen LogP contribution in [0, 0.1) is 6.92 Å². The lowest BCUT2D eigenvalue weighted by Gasteiger charge is -2.11. The van der Waals surface area contributed by atoms with Crippen molar-refractivity contribution >= 4 is 52.4 Å². The van der Waals surface area contributed by atoms with Crippen LogP contribution in [0.25, 0.3) is 0 Å². The molecule has 0 fully saturated rings. The van der Waals surface area contributed by atoms with E-state index in [0.29, 0.717) is 21.3 Å². The first-order valence-corrected chi connectivity index (χ1v) is 7.59. The summed E-state index contributed by atoms with van der Waals surface area (Å²) in [6.45, 7) is 1.74. The summed E-state index contributed by atoms with van der Waals surface area (Å²) in [5.41, 5.74) is 5.79. The van der Waals surface area contributed by atoms with Crippen molar-refractivity contribution in [3.63, 3.8) is 0 Å². The van der Waals surface area contributed by atoms with E-state index in [1.165, 1.54) is 12.1 Å². The molecule has 0 radical (unpaired) electrons. The Morgan fingerprint density at radius 3 is 2.30 bits per heavy atom. The molecule has 0 aliphatic carbocycles. The number of nitrogens with one attached hydrogen (secondary N) is 3. The summed E-state index contributed by atoms with van der Waals surface area (Å²) >= 11 is 17.8. The monoisotopic (exact) mass is 371 g/mol. The highest BCUT2D eigenvalue weighted by molar-refractivity contribution is 6.37. The SMILES string of the molecule is Cc1cc(C(=O)NNC(=O)Nc2ccccc2Cl)c(Cl)cc1Cl. The summed E-state index contributed by atoms with van der Waals surface area (Å²) in [7, 11) is 0. The van der Waals surface area contributed by atoms with E-state index in [0.717, 1.165) is 0 Å². The number of aryl methyl sites for hydroxylation is 1. The third-order valence-corrected chi connectivity index (χ3v) is 3.95. The first-order valence-electron chi connectivity index (χ1n) is 6.46. The number of hydrogen-bond donors (Lipinski definition) is 3. The fourth-order valence-corrected chi connectivity index (χ4v) is 2.38. The zero-order valence-corrected chi connectivity index (χ0v) is 14.2. The Labute approximate surface area is 147 Å². The Kier molecular flexibility index (Phi) is 5.71.